The largest absolute Gasteiger partial charge is 0.368 e. The molecule has 0 bridgehead atoms. The fraction of sp³-hybridized carbons (Fsp3) is 0.360. The van der Waals surface area contributed by atoms with Gasteiger partial charge in [0.25, 0.3) is 5.89 Å². The summed E-state index contributed by atoms with van der Waals surface area (Å²) >= 11 is 0. The van der Waals surface area contributed by atoms with Crippen LogP contribution in [0.4, 0.5) is 5.95 Å². The van der Waals surface area contributed by atoms with Crippen LogP contribution in [0.3, 0.4) is 0 Å². The number of piperazine rings is 1. The number of carbonyl (C=O) groups is 1. The molecule has 1 amide bonds. The minimum atomic E-state index is -0.272. The maximum Gasteiger partial charge on any atom is 0.261 e. The third-order valence-electron chi connectivity index (χ3n) is 7.15. The molecule has 184 valence electrons. The van der Waals surface area contributed by atoms with Crippen LogP contribution in [0, 0.1) is 0 Å². The number of nitrogen functional groups attached to an aromatic ring is 1. The maximum atomic E-state index is 12.6. The molecule has 3 N–H and O–H groups in total. The average molecular weight is 486 g/mol. The molecule has 6 rings (SSSR count). The molecule has 1 aliphatic carbocycles. The van der Waals surface area contributed by atoms with E-state index in [0.717, 1.165) is 62.1 Å². The summed E-state index contributed by atoms with van der Waals surface area (Å²) in [4.78, 5) is 27.3. The van der Waals surface area contributed by atoms with Crippen LogP contribution in [0.5, 0.6) is 0 Å². The summed E-state index contributed by atoms with van der Waals surface area (Å²) in [5, 5.41) is 12.0. The highest BCUT2D eigenvalue weighted by atomic mass is 16.5. The Bertz CT molecular complexity index is 1350. The number of hydrogen-bond donors (Lipinski definition) is 2. The third-order valence-corrected chi connectivity index (χ3v) is 7.15. The van der Waals surface area contributed by atoms with E-state index in [9.17, 15) is 4.79 Å². The first kappa shape index (κ1) is 22.4. The normalized spacial score (nSPS) is 17.1. The van der Waals surface area contributed by atoms with Gasteiger partial charge in [0.2, 0.25) is 11.9 Å². The van der Waals surface area contributed by atoms with Crippen LogP contribution < -0.4 is 11.1 Å². The fourth-order valence-electron chi connectivity index (χ4n) is 4.89. The number of hydrogen-bond acceptors (Lipinski definition) is 9. The quantitative estimate of drug-likeness (QED) is 0.419. The van der Waals surface area contributed by atoms with Crippen molar-refractivity contribution in [2.24, 2.45) is 0 Å². The topological polar surface area (TPSA) is 141 Å². The molecule has 3 aromatic heterocycles. The Morgan fingerprint density at radius 2 is 1.78 bits per heavy atom. The van der Waals surface area contributed by atoms with Crippen molar-refractivity contribution in [3.05, 3.63) is 60.4 Å². The number of benzene rings is 1. The van der Waals surface area contributed by atoms with Crippen molar-refractivity contribution in [1.29, 1.82) is 0 Å². The van der Waals surface area contributed by atoms with E-state index < -0.39 is 0 Å². The predicted molar refractivity (Wildman–Crippen MR) is 131 cm³/mol. The van der Waals surface area contributed by atoms with Crippen LogP contribution >= 0.6 is 0 Å². The Hall–Kier alpha value is -4.12. The third kappa shape index (κ3) is 4.11. The van der Waals surface area contributed by atoms with E-state index in [2.05, 4.69) is 49.8 Å². The van der Waals surface area contributed by atoms with E-state index in [0.29, 0.717) is 17.3 Å². The van der Waals surface area contributed by atoms with Crippen LogP contribution in [-0.4, -0.2) is 66.9 Å². The molecule has 11 heteroatoms. The monoisotopic (exact) mass is 485 g/mol. The Morgan fingerprint density at radius 1 is 1.03 bits per heavy atom. The van der Waals surface area contributed by atoms with Gasteiger partial charge in [0.1, 0.15) is 6.54 Å². The molecule has 1 saturated heterocycles. The highest BCUT2D eigenvalue weighted by Gasteiger charge is 2.44. The first-order valence-electron chi connectivity index (χ1n) is 12.1. The summed E-state index contributed by atoms with van der Waals surface area (Å²) in [7, 11) is 0. The molecule has 0 spiro atoms. The number of rotatable bonds is 6. The first-order valence-corrected chi connectivity index (χ1v) is 12.1. The van der Waals surface area contributed by atoms with Crippen molar-refractivity contribution in [3.63, 3.8) is 0 Å². The van der Waals surface area contributed by atoms with Gasteiger partial charge in [0, 0.05) is 50.3 Å². The van der Waals surface area contributed by atoms with Crippen molar-refractivity contribution in [2.45, 2.75) is 31.2 Å². The van der Waals surface area contributed by atoms with E-state index in [-0.39, 0.29) is 23.8 Å². The Labute approximate surface area is 207 Å². The second kappa shape index (κ2) is 9.15. The van der Waals surface area contributed by atoms with Gasteiger partial charge >= 0.3 is 0 Å². The van der Waals surface area contributed by atoms with E-state index in [4.69, 9.17) is 15.2 Å². The van der Waals surface area contributed by atoms with Crippen molar-refractivity contribution in [1.82, 2.24) is 40.1 Å². The van der Waals surface area contributed by atoms with Crippen LogP contribution in [0.2, 0.25) is 0 Å². The Kier molecular flexibility index (Phi) is 5.68. The summed E-state index contributed by atoms with van der Waals surface area (Å²) < 4.78 is 7.27. The molecule has 2 aliphatic rings. The van der Waals surface area contributed by atoms with Gasteiger partial charge in [0.15, 0.2) is 5.82 Å². The Balaban J connectivity index is 1.19. The number of amides is 1. The second-order valence-electron chi connectivity index (χ2n) is 9.32. The molecular formula is C25H27N9O2. The molecule has 2 fully saturated rings. The zero-order valence-electron chi connectivity index (χ0n) is 19.8. The summed E-state index contributed by atoms with van der Waals surface area (Å²) in [5.74, 6) is 1.40. The maximum absolute atomic E-state index is 12.6. The number of nitrogens with zero attached hydrogens (tertiary/aromatic N) is 7. The molecule has 0 radical (unpaired) electrons. The van der Waals surface area contributed by atoms with Crippen LogP contribution in [0.25, 0.3) is 22.6 Å². The van der Waals surface area contributed by atoms with Crippen molar-refractivity contribution in [3.8, 4) is 22.6 Å². The van der Waals surface area contributed by atoms with E-state index >= 15 is 0 Å². The van der Waals surface area contributed by atoms with Crippen molar-refractivity contribution < 1.29 is 9.32 Å². The molecule has 1 aromatic carbocycles. The fourth-order valence-corrected chi connectivity index (χ4v) is 4.89. The lowest BCUT2D eigenvalue weighted by Gasteiger charge is -2.39. The SMILES string of the molecule is Nc1ncc(-c2ccc(C3(c4noc(-c5cnn(CC(=O)N6CCNCC6)c5)n4)CCC3)cc2)cn1. The number of nitrogens with two attached hydrogens (primary N) is 1. The molecule has 4 heterocycles. The van der Waals surface area contributed by atoms with Gasteiger partial charge in [-0.15, -0.1) is 0 Å². The van der Waals surface area contributed by atoms with Crippen LogP contribution in [0.1, 0.15) is 30.7 Å². The molecule has 0 unspecified atom stereocenters. The van der Waals surface area contributed by atoms with E-state index in [1.54, 1.807) is 29.5 Å². The first-order chi connectivity index (χ1) is 17.6. The summed E-state index contributed by atoms with van der Waals surface area (Å²) in [5.41, 5.74) is 9.12. The summed E-state index contributed by atoms with van der Waals surface area (Å²) in [6, 6.07) is 8.34. The highest BCUT2D eigenvalue weighted by molar-refractivity contribution is 5.76. The van der Waals surface area contributed by atoms with Gasteiger partial charge in [-0.3, -0.25) is 9.48 Å². The lowest BCUT2D eigenvalue weighted by atomic mass is 9.64. The van der Waals surface area contributed by atoms with Crippen molar-refractivity contribution >= 4 is 11.9 Å². The average Bonchev–Trinajstić information content (AvgIpc) is 3.55. The number of aromatic nitrogens is 6. The van der Waals surface area contributed by atoms with Gasteiger partial charge in [-0.1, -0.05) is 35.8 Å². The zero-order chi connectivity index (χ0) is 24.5. The van der Waals surface area contributed by atoms with Crippen molar-refractivity contribution in [2.75, 3.05) is 31.9 Å². The molecule has 4 aromatic rings. The predicted octanol–water partition coefficient (Wildman–Crippen LogP) is 1.87. The molecular weight excluding hydrogens is 458 g/mol. The highest BCUT2D eigenvalue weighted by Crippen LogP contribution is 2.48. The smallest absolute Gasteiger partial charge is 0.261 e. The Morgan fingerprint density at radius 3 is 2.47 bits per heavy atom. The minimum absolute atomic E-state index is 0.0553. The van der Waals surface area contributed by atoms with Gasteiger partial charge in [-0.05, 0) is 24.0 Å². The van der Waals surface area contributed by atoms with Gasteiger partial charge in [-0.25, -0.2) is 9.97 Å². The van der Waals surface area contributed by atoms with Crippen LogP contribution in [0.15, 0.2) is 53.6 Å². The van der Waals surface area contributed by atoms with Crippen LogP contribution in [-0.2, 0) is 16.8 Å². The van der Waals surface area contributed by atoms with Gasteiger partial charge < -0.3 is 20.5 Å². The number of anilines is 1. The number of nitrogens with one attached hydrogen (secondary N) is 1. The summed E-state index contributed by atoms with van der Waals surface area (Å²) in [6.07, 6.45) is 9.90. The van der Waals surface area contributed by atoms with E-state index in [1.807, 2.05) is 4.90 Å². The lowest BCUT2D eigenvalue weighted by Crippen LogP contribution is -2.47. The molecule has 1 aliphatic heterocycles. The molecule has 36 heavy (non-hydrogen) atoms. The standard InChI is InChI=1S/C25H27N9O2/c26-24-28-12-18(13-29-24)17-2-4-20(5-3-17)25(6-1-7-25)23-31-22(36-32-23)19-14-30-34(15-19)16-21(35)33-10-8-27-9-11-33/h2-5,12-15,27H,1,6-11,16H2,(H2,26,28,29). The number of carbonyl (C=O) groups excluding carboxylic acids is 1. The van der Waals surface area contributed by atoms with Gasteiger partial charge in [0.05, 0.1) is 17.2 Å². The molecule has 1 saturated carbocycles. The zero-order valence-corrected chi connectivity index (χ0v) is 19.8. The molecule has 11 nitrogen and oxygen atoms in total. The summed E-state index contributed by atoms with van der Waals surface area (Å²) in [6.45, 7) is 3.27. The van der Waals surface area contributed by atoms with E-state index in [1.165, 1.54) is 0 Å². The minimum Gasteiger partial charge on any atom is -0.368 e. The molecule has 0 atom stereocenters. The lowest BCUT2D eigenvalue weighted by molar-refractivity contribution is -0.132. The second-order valence-corrected chi connectivity index (χ2v) is 9.32. The van der Waals surface area contributed by atoms with Gasteiger partial charge in [-0.2, -0.15) is 10.1 Å².